The first-order valence-electron chi connectivity index (χ1n) is 8.60. The fourth-order valence-electron chi connectivity index (χ4n) is 2.85. The third-order valence-corrected chi connectivity index (χ3v) is 4.33. The van der Waals surface area contributed by atoms with E-state index >= 15 is 0 Å². The molecule has 7 heteroatoms. The number of esters is 1. The number of hydrogen-bond acceptors (Lipinski definition) is 5. The highest BCUT2D eigenvalue weighted by molar-refractivity contribution is 5.78. The lowest BCUT2D eigenvalue weighted by molar-refractivity contribution is -0.158. The molecule has 1 aliphatic rings. The first-order valence-corrected chi connectivity index (χ1v) is 8.60. The third-order valence-electron chi connectivity index (χ3n) is 4.33. The van der Waals surface area contributed by atoms with Gasteiger partial charge in [-0.05, 0) is 45.7 Å². The molecule has 6 nitrogen and oxygen atoms in total. The van der Waals surface area contributed by atoms with Gasteiger partial charge in [0.05, 0.1) is 7.11 Å². The third kappa shape index (κ3) is 4.86. The number of likely N-dealkylation sites (tertiary alicyclic amines) is 1. The Kier molecular flexibility index (Phi) is 6.10. The second-order valence-corrected chi connectivity index (χ2v) is 7.46. The van der Waals surface area contributed by atoms with Crippen LogP contribution in [0.2, 0.25) is 0 Å². The van der Waals surface area contributed by atoms with Crippen molar-refractivity contribution in [2.24, 2.45) is 5.41 Å². The summed E-state index contributed by atoms with van der Waals surface area (Å²) in [5, 5.41) is 0. The largest absolute Gasteiger partial charge is 0.489 e. The maximum absolute atomic E-state index is 13.8. The highest BCUT2D eigenvalue weighted by Crippen LogP contribution is 2.34. The van der Waals surface area contributed by atoms with Crippen LogP contribution < -0.4 is 4.74 Å². The number of carbonyl (C=O) groups excluding carboxylic acids is 2. The van der Waals surface area contributed by atoms with Crippen LogP contribution in [0.4, 0.5) is 9.18 Å². The zero-order chi connectivity index (χ0) is 19.4. The number of benzene rings is 1. The van der Waals surface area contributed by atoms with Crippen LogP contribution >= 0.6 is 0 Å². The molecule has 1 heterocycles. The summed E-state index contributed by atoms with van der Waals surface area (Å²) in [7, 11) is 1.31. The van der Waals surface area contributed by atoms with Gasteiger partial charge in [-0.25, -0.2) is 9.18 Å². The van der Waals surface area contributed by atoms with Crippen molar-refractivity contribution in [3.63, 3.8) is 0 Å². The van der Waals surface area contributed by atoms with Crippen LogP contribution in [-0.4, -0.2) is 49.4 Å². The number of amides is 1. The molecule has 0 saturated carbocycles. The molecule has 2 rings (SSSR count). The smallest absolute Gasteiger partial charge is 0.410 e. The molecular weight excluding hydrogens is 341 g/mol. The number of ether oxygens (including phenoxy) is 3. The van der Waals surface area contributed by atoms with E-state index in [0.29, 0.717) is 25.9 Å². The minimum atomic E-state index is -0.921. The summed E-state index contributed by atoms with van der Waals surface area (Å²) in [6.07, 6.45) is 0.298. The Balaban J connectivity index is 2.04. The first kappa shape index (κ1) is 20.0. The van der Waals surface area contributed by atoms with Gasteiger partial charge in [0.2, 0.25) is 0 Å². The molecule has 0 aromatic heterocycles. The molecule has 1 aliphatic heterocycles. The molecule has 1 aromatic carbocycles. The molecular formula is C19H26FNO5. The predicted octanol–water partition coefficient (Wildman–Crippen LogP) is 3.39. The molecule has 26 heavy (non-hydrogen) atoms. The fourth-order valence-corrected chi connectivity index (χ4v) is 2.85. The van der Waals surface area contributed by atoms with E-state index in [9.17, 15) is 14.0 Å². The van der Waals surface area contributed by atoms with E-state index in [0.717, 1.165) is 0 Å². The maximum Gasteiger partial charge on any atom is 0.410 e. The maximum atomic E-state index is 13.8. The van der Waals surface area contributed by atoms with Crippen LogP contribution in [0.25, 0.3) is 0 Å². The van der Waals surface area contributed by atoms with Crippen molar-refractivity contribution in [3.8, 4) is 5.75 Å². The summed E-state index contributed by atoms with van der Waals surface area (Å²) < 4.78 is 29.6. The highest BCUT2D eigenvalue weighted by atomic mass is 19.1. The van der Waals surface area contributed by atoms with Crippen LogP contribution in [0.1, 0.15) is 33.6 Å². The number of piperidine rings is 1. The van der Waals surface area contributed by atoms with E-state index in [1.54, 1.807) is 37.8 Å². The quantitative estimate of drug-likeness (QED) is 0.763. The van der Waals surface area contributed by atoms with Gasteiger partial charge in [0.1, 0.15) is 17.6 Å². The Morgan fingerprint density at radius 1 is 1.19 bits per heavy atom. The Labute approximate surface area is 153 Å². The van der Waals surface area contributed by atoms with Gasteiger partial charge in [0.15, 0.2) is 11.6 Å². The average Bonchev–Trinajstić information content (AvgIpc) is 2.59. The molecule has 0 aliphatic carbocycles. The highest BCUT2D eigenvalue weighted by Gasteiger charge is 2.45. The lowest BCUT2D eigenvalue weighted by Gasteiger charge is -2.39. The first-order chi connectivity index (χ1) is 12.2. The number of nitrogens with zero attached hydrogens (tertiary/aromatic N) is 1. The molecule has 1 aromatic rings. The Morgan fingerprint density at radius 2 is 1.81 bits per heavy atom. The number of carbonyl (C=O) groups is 2. The zero-order valence-electron chi connectivity index (χ0n) is 15.7. The van der Waals surface area contributed by atoms with Crippen LogP contribution in [0.3, 0.4) is 0 Å². The molecule has 0 atom stereocenters. The van der Waals surface area contributed by atoms with Gasteiger partial charge in [-0.2, -0.15) is 0 Å². The van der Waals surface area contributed by atoms with Gasteiger partial charge in [0, 0.05) is 13.1 Å². The molecule has 1 saturated heterocycles. The summed E-state index contributed by atoms with van der Waals surface area (Å²) in [5.41, 5.74) is -1.50. The number of halogens is 1. The van der Waals surface area contributed by atoms with Crippen molar-refractivity contribution in [3.05, 3.63) is 30.1 Å². The molecule has 144 valence electrons. The second kappa shape index (κ2) is 7.93. The van der Waals surface area contributed by atoms with E-state index in [1.807, 2.05) is 0 Å². The van der Waals surface area contributed by atoms with Gasteiger partial charge < -0.3 is 19.1 Å². The number of methoxy groups -OCH3 is 1. The van der Waals surface area contributed by atoms with Gasteiger partial charge in [-0.3, -0.25) is 4.79 Å². The van der Waals surface area contributed by atoms with E-state index < -0.39 is 28.9 Å². The van der Waals surface area contributed by atoms with Crippen LogP contribution in [0.5, 0.6) is 5.75 Å². The Hall–Kier alpha value is -2.31. The van der Waals surface area contributed by atoms with E-state index in [1.165, 1.54) is 19.2 Å². The average molecular weight is 367 g/mol. The minimum absolute atomic E-state index is 0.0111. The number of para-hydroxylation sites is 1. The number of hydrogen-bond donors (Lipinski definition) is 0. The molecule has 0 bridgehead atoms. The lowest BCUT2D eigenvalue weighted by Crippen LogP contribution is -2.50. The van der Waals surface area contributed by atoms with Gasteiger partial charge >= 0.3 is 12.1 Å². The summed E-state index contributed by atoms with van der Waals surface area (Å²) in [6, 6.07) is 6.04. The van der Waals surface area contributed by atoms with Crippen molar-refractivity contribution >= 4 is 12.1 Å². The molecule has 0 radical (unpaired) electrons. The topological polar surface area (TPSA) is 65.1 Å². The van der Waals surface area contributed by atoms with E-state index in [4.69, 9.17) is 14.2 Å². The SMILES string of the molecule is COC(=O)C1(COc2ccccc2F)CCN(C(=O)OC(C)(C)C)CC1. The fraction of sp³-hybridized carbons (Fsp3) is 0.579. The Morgan fingerprint density at radius 3 is 2.35 bits per heavy atom. The summed E-state index contributed by atoms with van der Waals surface area (Å²) in [5.74, 6) is -0.818. The molecule has 1 amide bonds. The Bertz CT molecular complexity index is 648. The minimum Gasteiger partial charge on any atom is -0.489 e. The van der Waals surface area contributed by atoms with Crippen molar-refractivity contribution in [1.82, 2.24) is 4.90 Å². The van der Waals surface area contributed by atoms with E-state index in [-0.39, 0.29) is 12.4 Å². The normalized spacial score (nSPS) is 16.7. The zero-order valence-corrected chi connectivity index (χ0v) is 15.7. The lowest BCUT2D eigenvalue weighted by atomic mass is 9.79. The standard InChI is InChI=1S/C19H26FNO5/c1-18(2,3)26-17(23)21-11-9-19(10-12-21,16(22)24-4)13-25-15-8-6-5-7-14(15)20/h5-8H,9-13H2,1-4H3. The van der Waals surface area contributed by atoms with Crippen molar-refractivity contribution in [1.29, 1.82) is 0 Å². The van der Waals surface area contributed by atoms with Crippen LogP contribution in [0, 0.1) is 11.2 Å². The molecule has 0 spiro atoms. The summed E-state index contributed by atoms with van der Waals surface area (Å²) in [4.78, 5) is 26.1. The summed E-state index contributed by atoms with van der Waals surface area (Å²) >= 11 is 0. The van der Waals surface area contributed by atoms with Crippen molar-refractivity contribution in [2.45, 2.75) is 39.2 Å². The molecule has 1 fully saturated rings. The van der Waals surface area contributed by atoms with Gasteiger partial charge in [0.25, 0.3) is 0 Å². The van der Waals surface area contributed by atoms with Gasteiger partial charge in [-0.15, -0.1) is 0 Å². The predicted molar refractivity (Wildman–Crippen MR) is 93.4 cm³/mol. The van der Waals surface area contributed by atoms with Crippen molar-refractivity contribution in [2.75, 3.05) is 26.8 Å². The van der Waals surface area contributed by atoms with E-state index in [2.05, 4.69) is 0 Å². The van der Waals surface area contributed by atoms with Crippen LogP contribution in [-0.2, 0) is 14.3 Å². The van der Waals surface area contributed by atoms with Gasteiger partial charge in [-0.1, -0.05) is 12.1 Å². The number of rotatable bonds is 4. The summed E-state index contributed by atoms with van der Waals surface area (Å²) in [6.45, 7) is 6.07. The van der Waals surface area contributed by atoms with Crippen LogP contribution in [0.15, 0.2) is 24.3 Å². The monoisotopic (exact) mass is 367 g/mol. The second-order valence-electron chi connectivity index (χ2n) is 7.46. The molecule has 0 unspecified atom stereocenters. The molecule has 0 N–H and O–H groups in total. The van der Waals surface area contributed by atoms with Crippen molar-refractivity contribution < 1.29 is 28.2 Å².